The van der Waals surface area contributed by atoms with Gasteiger partial charge in [0.25, 0.3) is 0 Å². The number of carbonyl (C=O) groups excluding carboxylic acids is 1. The minimum Gasteiger partial charge on any atom is -0.497 e. The van der Waals surface area contributed by atoms with Crippen LogP contribution in [-0.4, -0.2) is 45.5 Å². The Bertz CT molecular complexity index is 1180. The topological polar surface area (TPSA) is 87.0 Å². The van der Waals surface area contributed by atoms with Gasteiger partial charge in [-0.25, -0.2) is 8.42 Å². The van der Waals surface area contributed by atoms with Gasteiger partial charge in [-0.3, -0.25) is 4.79 Å². The highest BCUT2D eigenvalue weighted by atomic mass is 32.2. The van der Waals surface area contributed by atoms with Crippen LogP contribution in [0.1, 0.15) is 12.8 Å². The Balaban J connectivity index is 1.77. The van der Waals surface area contributed by atoms with Gasteiger partial charge >= 0.3 is 0 Å². The number of thiazole rings is 1. The van der Waals surface area contributed by atoms with E-state index in [1.54, 1.807) is 44.6 Å². The number of rotatable bonds is 9. The average molecular weight is 449 g/mol. The monoisotopic (exact) mass is 448 g/mol. The smallest absolute Gasteiger partial charge is 0.248 e. The van der Waals surface area contributed by atoms with E-state index in [1.165, 1.54) is 11.3 Å². The van der Waals surface area contributed by atoms with E-state index in [0.717, 1.165) is 16.0 Å². The second kappa shape index (κ2) is 10.0. The van der Waals surface area contributed by atoms with Crippen molar-refractivity contribution < 1.29 is 22.7 Å². The van der Waals surface area contributed by atoms with E-state index < -0.39 is 9.84 Å². The molecule has 0 radical (unpaired) electrons. The first-order valence-corrected chi connectivity index (χ1v) is 11.9. The summed E-state index contributed by atoms with van der Waals surface area (Å²) in [5, 5.41) is 0. The van der Waals surface area contributed by atoms with E-state index in [4.69, 9.17) is 9.47 Å². The van der Waals surface area contributed by atoms with Gasteiger partial charge in [0.15, 0.2) is 14.6 Å². The molecule has 0 N–H and O–H groups in total. The lowest BCUT2D eigenvalue weighted by Gasteiger charge is -2.05. The summed E-state index contributed by atoms with van der Waals surface area (Å²) in [4.78, 5) is 17.5. The second-order valence-corrected chi connectivity index (χ2v) is 9.72. The minimum absolute atomic E-state index is 0.0634. The van der Waals surface area contributed by atoms with Crippen LogP contribution in [0.5, 0.6) is 5.75 Å². The zero-order valence-electron chi connectivity index (χ0n) is 16.9. The van der Waals surface area contributed by atoms with E-state index in [2.05, 4.69) is 4.99 Å². The number of sulfone groups is 1. The summed E-state index contributed by atoms with van der Waals surface area (Å²) in [5.74, 6) is 0.292. The molecule has 0 aliphatic rings. The molecule has 0 bridgehead atoms. The van der Waals surface area contributed by atoms with Gasteiger partial charge in [0.05, 0.1) is 34.6 Å². The number of hydrogen-bond acceptors (Lipinski definition) is 6. The van der Waals surface area contributed by atoms with E-state index in [1.807, 2.05) is 22.8 Å². The zero-order chi connectivity index (χ0) is 21.6. The maximum Gasteiger partial charge on any atom is 0.248 e. The molecule has 1 amide bonds. The Labute approximate surface area is 179 Å². The van der Waals surface area contributed by atoms with Gasteiger partial charge in [-0.15, -0.1) is 0 Å². The van der Waals surface area contributed by atoms with Crippen molar-refractivity contribution in [3.05, 3.63) is 53.3 Å². The molecule has 3 rings (SSSR count). The van der Waals surface area contributed by atoms with Crippen LogP contribution in [0, 0.1) is 0 Å². The van der Waals surface area contributed by atoms with E-state index in [-0.39, 0.29) is 29.4 Å². The lowest BCUT2D eigenvalue weighted by atomic mass is 10.3. The van der Waals surface area contributed by atoms with Crippen molar-refractivity contribution in [3.63, 3.8) is 0 Å². The highest BCUT2D eigenvalue weighted by Gasteiger charge is 2.15. The van der Waals surface area contributed by atoms with Crippen LogP contribution < -0.4 is 9.54 Å². The Morgan fingerprint density at radius 2 is 1.90 bits per heavy atom. The van der Waals surface area contributed by atoms with Gasteiger partial charge in [0.2, 0.25) is 5.91 Å². The van der Waals surface area contributed by atoms with Crippen molar-refractivity contribution >= 4 is 37.3 Å². The average Bonchev–Trinajstić information content (AvgIpc) is 3.08. The molecule has 0 aliphatic carbocycles. The molecule has 9 heteroatoms. The van der Waals surface area contributed by atoms with Gasteiger partial charge in [-0.1, -0.05) is 29.5 Å². The van der Waals surface area contributed by atoms with Crippen LogP contribution >= 0.6 is 11.3 Å². The Morgan fingerprint density at radius 3 is 2.60 bits per heavy atom. The number of benzene rings is 2. The Morgan fingerprint density at radius 1 is 1.13 bits per heavy atom. The number of fused-ring (bicyclic) bond motifs is 1. The van der Waals surface area contributed by atoms with Crippen molar-refractivity contribution in [2.24, 2.45) is 4.99 Å². The molecular formula is C21H24N2O5S2. The highest BCUT2D eigenvalue weighted by molar-refractivity contribution is 7.91. The number of aromatic nitrogens is 1. The largest absolute Gasteiger partial charge is 0.497 e. The molecule has 3 aromatic rings. The molecule has 160 valence electrons. The first kappa shape index (κ1) is 22.2. The minimum atomic E-state index is -3.40. The maximum atomic E-state index is 12.4. The molecule has 30 heavy (non-hydrogen) atoms. The molecule has 0 saturated heterocycles. The predicted octanol–water partition coefficient (Wildman–Crippen LogP) is 3.04. The fourth-order valence-corrected chi connectivity index (χ4v) is 5.42. The lowest BCUT2D eigenvalue weighted by Crippen LogP contribution is -2.19. The molecular weight excluding hydrogens is 424 g/mol. The second-order valence-electron chi connectivity index (χ2n) is 6.60. The standard InChI is InChI=1S/C21H24N2O5S2/c1-27-13-12-23-18-11-10-16(28-2)15-19(18)29-21(23)22-20(24)9-6-14-30(25,26)17-7-4-3-5-8-17/h3-5,7-8,10-11,15H,6,9,12-14H2,1-2H3. The maximum absolute atomic E-state index is 12.4. The van der Waals surface area contributed by atoms with Crippen LogP contribution in [0.25, 0.3) is 10.2 Å². The normalized spacial score (nSPS) is 12.4. The van der Waals surface area contributed by atoms with Crippen molar-refractivity contribution in [2.75, 3.05) is 26.6 Å². The van der Waals surface area contributed by atoms with Gasteiger partial charge in [-0.2, -0.15) is 4.99 Å². The lowest BCUT2D eigenvalue weighted by molar-refractivity contribution is -0.118. The van der Waals surface area contributed by atoms with Crippen LogP contribution in [-0.2, 0) is 25.9 Å². The number of methoxy groups -OCH3 is 2. The fourth-order valence-electron chi connectivity index (χ4n) is 2.99. The molecule has 0 saturated carbocycles. The molecule has 0 fully saturated rings. The Kier molecular flexibility index (Phi) is 7.41. The van der Waals surface area contributed by atoms with Gasteiger partial charge in [0, 0.05) is 20.1 Å². The highest BCUT2D eigenvalue weighted by Crippen LogP contribution is 2.23. The summed E-state index contributed by atoms with van der Waals surface area (Å²) < 4.78 is 38.0. The third kappa shape index (κ3) is 5.35. The van der Waals surface area contributed by atoms with Gasteiger partial charge in [0.1, 0.15) is 5.75 Å². The van der Waals surface area contributed by atoms with Gasteiger partial charge < -0.3 is 14.0 Å². The first-order chi connectivity index (χ1) is 14.4. The number of amides is 1. The van der Waals surface area contributed by atoms with Crippen LogP contribution in [0.4, 0.5) is 0 Å². The quantitative estimate of drug-likeness (QED) is 0.502. The molecule has 0 unspecified atom stereocenters. The number of nitrogens with zero attached hydrogens (tertiary/aromatic N) is 2. The summed E-state index contributed by atoms with van der Waals surface area (Å²) in [6.45, 7) is 1.03. The van der Waals surface area contributed by atoms with E-state index in [0.29, 0.717) is 18.0 Å². The van der Waals surface area contributed by atoms with Crippen molar-refractivity contribution in [2.45, 2.75) is 24.3 Å². The van der Waals surface area contributed by atoms with E-state index in [9.17, 15) is 13.2 Å². The first-order valence-electron chi connectivity index (χ1n) is 9.46. The summed E-state index contributed by atoms with van der Waals surface area (Å²) in [7, 11) is -0.183. The molecule has 2 aromatic carbocycles. The summed E-state index contributed by atoms with van der Waals surface area (Å²) in [5.41, 5.74) is 0.941. The molecule has 7 nitrogen and oxygen atoms in total. The SMILES string of the molecule is COCCn1c(=NC(=O)CCCS(=O)(=O)c2ccccc2)sc2cc(OC)ccc21. The summed E-state index contributed by atoms with van der Waals surface area (Å²) >= 11 is 1.39. The zero-order valence-corrected chi connectivity index (χ0v) is 18.5. The van der Waals surface area contributed by atoms with E-state index >= 15 is 0 Å². The fraction of sp³-hybridized carbons (Fsp3) is 0.333. The molecule has 1 heterocycles. The van der Waals surface area contributed by atoms with Crippen LogP contribution in [0.3, 0.4) is 0 Å². The van der Waals surface area contributed by atoms with Gasteiger partial charge in [-0.05, 0) is 36.8 Å². The van der Waals surface area contributed by atoms with Crippen molar-refractivity contribution in [1.82, 2.24) is 4.57 Å². The molecule has 0 atom stereocenters. The number of carbonyl (C=O) groups is 1. The third-order valence-electron chi connectivity index (χ3n) is 4.54. The number of hydrogen-bond donors (Lipinski definition) is 0. The molecule has 0 aliphatic heterocycles. The van der Waals surface area contributed by atoms with Crippen molar-refractivity contribution in [1.29, 1.82) is 0 Å². The Hall–Kier alpha value is -2.49. The molecule has 0 spiro atoms. The summed E-state index contributed by atoms with van der Waals surface area (Å²) in [6, 6.07) is 13.9. The van der Waals surface area contributed by atoms with Crippen molar-refractivity contribution in [3.8, 4) is 5.75 Å². The number of ether oxygens (including phenoxy) is 2. The predicted molar refractivity (Wildman–Crippen MR) is 117 cm³/mol. The third-order valence-corrected chi connectivity index (χ3v) is 7.39. The molecule has 1 aromatic heterocycles. The van der Waals surface area contributed by atoms with Crippen LogP contribution in [0.15, 0.2) is 58.4 Å². The summed E-state index contributed by atoms with van der Waals surface area (Å²) in [6.07, 6.45) is 0.282. The van der Waals surface area contributed by atoms with Crippen LogP contribution in [0.2, 0.25) is 0 Å².